The number of aryl methyl sites for hydroxylation is 1. The predicted molar refractivity (Wildman–Crippen MR) is 64.1 cm³/mol. The van der Waals surface area contributed by atoms with Gasteiger partial charge in [-0.05, 0) is 25.0 Å². The SMILES string of the molecule is CCCCCOc1cc(C)ccc1CN. The number of benzene rings is 1. The summed E-state index contributed by atoms with van der Waals surface area (Å²) in [6, 6.07) is 6.18. The maximum absolute atomic E-state index is 5.73. The summed E-state index contributed by atoms with van der Waals surface area (Å²) in [5.74, 6) is 0.952. The van der Waals surface area contributed by atoms with E-state index >= 15 is 0 Å². The van der Waals surface area contributed by atoms with Gasteiger partial charge in [-0.2, -0.15) is 0 Å². The van der Waals surface area contributed by atoms with Crippen LogP contribution < -0.4 is 10.5 Å². The van der Waals surface area contributed by atoms with Crippen LogP contribution in [0, 0.1) is 6.92 Å². The minimum absolute atomic E-state index is 0.545. The van der Waals surface area contributed by atoms with Crippen molar-refractivity contribution in [3.63, 3.8) is 0 Å². The third-order valence-corrected chi connectivity index (χ3v) is 2.45. The summed E-state index contributed by atoms with van der Waals surface area (Å²) in [4.78, 5) is 0. The predicted octanol–water partition coefficient (Wildman–Crippen LogP) is 3.02. The van der Waals surface area contributed by atoms with Crippen molar-refractivity contribution in [2.45, 2.75) is 39.7 Å². The number of nitrogens with two attached hydrogens (primary N) is 1. The van der Waals surface area contributed by atoms with Gasteiger partial charge in [0.05, 0.1) is 6.61 Å². The standard InChI is InChI=1S/C13H21NO/c1-3-4-5-8-15-13-9-11(2)6-7-12(13)10-14/h6-7,9H,3-5,8,10,14H2,1-2H3. The van der Waals surface area contributed by atoms with E-state index < -0.39 is 0 Å². The Morgan fingerprint density at radius 3 is 2.73 bits per heavy atom. The fraction of sp³-hybridized carbons (Fsp3) is 0.538. The van der Waals surface area contributed by atoms with E-state index in [2.05, 4.69) is 26.0 Å². The summed E-state index contributed by atoms with van der Waals surface area (Å²) in [7, 11) is 0. The molecule has 2 N–H and O–H groups in total. The summed E-state index contributed by atoms with van der Waals surface area (Å²) < 4.78 is 5.73. The van der Waals surface area contributed by atoms with Gasteiger partial charge in [0.25, 0.3) is 0 Å². The number of rotatable bonds is 6. The van der Waals surface area contributed by atoms with Crippen LogP contribution in [0.2, 0.25) is 0 Å². The lowest BCUT2D eigenvalue weighted by Crippen LogP contribution is -2.04. The molecule has 0 aliphatic heterocycles. The lowest BCUT2D eigenvalue weighted by atomic mass is 10.1. The normalized spacial score (nSPS) is 10.3. The first-order valence-electron chi connectivity index (χ1n) is 5.70. The van der Waals surface area contributed by atoms with E-state index in [1.165, 1.54) is 18.4 Å². The second-order valence-corrected chi connectivity index (χ2v) is 3.87. The molecule has 0 aliphatic rings. The zero-order chi connectivity index (χ0) is 11.1. The Kier molecular flexibility index (Phi) is 5.19. The molecule has 0 saturated heterocycles. The molecule has 0 unspecified atom stereocenters. The van der Waals surface area contributed by atoms with E-state index in [1.54, 1.807) is 0 Å². The molecule has 15 heavy (non-hydrogen) atoms. The quantitative estimate of drug-likeness (QED) is 0.728. The van der Waals surface area contributed by atoms with Crippen molar-refractivity contribution < 1.29 is 4.74 Å². The Balaban J connectivity index is 2.54. The number of hydrogen-bond acceptors (Lipinski definition) is 2. The molecule has 0 aliphatic carbocycles. The Bertz CT molecular complexity index is 297. The molecule has 0 aromatic heterocycles. The van der Waals surface area contributed by atoms with Gasteiger partial charge < -0.3 is 10.5 Å². The Labute approximate surface area is 92.4 Å². The largest absolute Gasteiger partial charge is 0.493 e. The lowest BCUT2D eigenvalue weighted by Gasteiger charge is -2.10. The first-order valence-corrected chi connectivity index (χ1v) is 5.70. The van der Waals surface area contributed by atoms with Gasteiger partial charge >= 0.3 is 0 Å². The molecule has 0 radical (unpaired) electrons. The van der Waals surface area contributed by atoms with Crippen LogP contribution in [0.25, 0.3) is 0 Å². The monoisotopic (exact) mass is 207 g/mol. The molecule has 0 atom stereocenters. The van der Waals surface area contributed by atoms with Crippen molar-refractivity contribution in [2.24, 2.45) is 5.73 Å². The van der Waals surface area contributed by atoms with Crippen molar-refractivity contribution in [3.8, 4) is 5.75 Å². The molecule has 1 aromatic carbocycles. The average molecular weight is 207 g/mol. The number of ether oxygens (including phenoxy) is 1. The minimum atomic E-state index is 0.545. The topological polar surface area (TPSA) is 35.2 Å². The van der Waals surface area contributed by atoms with Crippen LogP contribution in [0.4, 0.5) is 0 Å². The van der Waals surface area contributed by atoms with Crippen LogP contribution in [0.3, 0.4) is 0 Å². The van der Waals surface area contributed by atoms with Gasteiger partial charge in [0, 0.05) is 12.1 Å². The maximum Gasteiger partial charge on any atom is 0.124 e. The van der Waals surface area contributed by atoms with Crippen LogP contribution in [0.1, 0.15) is 37.3 Å². The second-order valence-electron chi connectivity index (χ2n) is 3.87. The molecule has 2 nitrogen and oxygen atoms in total. The molecule has 0 fully saturated rings. The molecule has 0 bridgehead atoms. The van der Waals surface area contributed by atoms with Crippen LogP contribution in [-0.4, -0.2) is 6.61 Å². The minimum Gasteiger partial charge on any atom is -0.493 e. The van der Waals surface area contributed by atoms with E-state index in [1.807, 2.05) is 6.07 Å². The molecular weight excluding hydrogens is 186 g/mol. The summed E-state index contributed by atoms with van der Waals surface area (Å²) in [5, 5.41) is 0. The third-order valence-electron chi connectivity index (χ3n) is 2.45. The Morgan fingerprint density at radius 1 is 1.27 bits per heavy atom. The van der Waals surface area contributed by atoms with Gasteiger partial charge in [-0.3, -0.25) is 0 Å². The van der Waals surface area contributed by atoms with E-state index in [0.29, 0.717) is 6.54 Å². The van der Waals surface area contributed by atoms with Gasteiger partial charge in [0.1, 0.15) is 5.75 Å². The smallest absolute Gasteiger partial charge is 0.124 e. The van der Waals surface area contributed by atoms with Crippen LogP contribution >= 0.6 is 0 Å². The fourth-order valence-electron chi connectivity index (χ4n) is 1.50. The fourth-order valence-corrected chi connectivity index (χ4v) is 1.50. The molecular formula is C13H21NO. The first kappa shape index (κ1) is 12.1. The van der Waals surface area contributed by atoms with Crippen LogP contribution in [-0.2, 0) is 6.54 Å². The zero-order valence-corrected chi connectivity index (χ0v) is 9.75. The number of hydrogen-bond donors (Lipinski definition) is 1. The summed E-state index contributed by atoms with van der Waals surface area (Å²) in [6.07, 6.45) is 3.57. The van der Waals surface area contributed by atoms with Crippen LogP contribution in [0.15, 0.2) is 18.2 Å². The zero-order valence-electron chi connectivity index (χ0n) is 9.75. The highest BCUT2D eigenvalue weighted by Crippen LogP contribution is 2.20. The highest BCUT2D eigenvalue weighted by Gasteiger charge is 2.01. The van der Waals surface area contributed by atoms with Gasteiger partial charge in [-0.1, -0.05) is 31.9 Å². The summed E-state index contributed by atoms with van der Waals surface area (Å²) in [5.41, 5.74) is 7.97. The molecule has 0 spiro atoms. The molecule has 84 valence electrons. The van der Waals surface area contributed by atoms with Crippen LogP contribution in [0.5, 0.6) is 5.75 Å². The van der Waals surface area contributed by atoms with E-state index in [-0.39, 0.29) is 0 Å². The maximum atomic E-state index is 5.73. The summed E-state index contributed by atoms with van der Waals surface area (Å²) >= 11 is 0. The van der Waals surface area contributed by atoms with Gasteiger partial charge in [-0.25, -0.2) is 0 Å². The van der Waals surface area contributed by atoms with Crippen molar-refractivity contribution in [3.05, 3.63) is 29.3 Å². The molecule has 1 aromatic rings. The van der Waals surface area contributed by atoms with E-state index in [0.717, 1.165) is 24.3 Å². The van der Waals surface area contributed by atoms with Gasteiger partial charge in [-0.15, -0.1) is 0 Å². The van der Waals surface area contributed by atoms with Crippen molar-refractivity contribution in [1.29, 1.82) is 0 Å². The molecule has 1 rings (SSSR count). The molecule has 0 amide bonds. The lowest BCUT2D eigenvalue weighted by molar-refractivity contribution is 0.303. The average Bonchev–Trinajstić information content (AvgIpc) is 2.25. The molecule has 0 saturated carbocycles. The number of unbranched alkanes of at least 4 members (excludes halogenated alkanes) is 2. The highest BCUT2D eigenvalue weighted by molar-refractivity contribution is 5.36. The van der Waals surface area contributed by atoms with Crippen molar-refractivity contribution in [2.75, 3.05) is 6.61 Å². The molecule has 0 heterocycles. The van der Waals surface area contributed by atoms with Crippen molar-refractivity contribution >= 4 is 0 Å². The van der Waals surface area contributed by atoms with Crippen molar-refractivity contribution in [1.82, 2.24) is 0 Å². The third kappa shape index (κ3) is 3.92. The Hall–Kier alpha value is -1.02. The first-order chi connectivity index (χ1) is 7.27. The van der Waals surface area contributed by atoms with E-state index in [4.69, 9.17) is 10.5 Å². The van der Waals surface area contributed by atoms with Gasteiger partial charge in [0.15, 0.2) is 0 Å². The van der Waals surface area contributed by atoms with E-state index in [9.17, 15) is 0 Å². The second kappa shape index (κ2) is 6.46. The summed E-state index contributed by atoms with van der Waals surface area (Å²) in [6.45, 7) is 5.60. The highest BCUT2D eigenvalue weighted by atomic mass is 16.5. The Morgan fingerprint density at radius 2 is 2.07 bits per heavy atom. The molecule has 2 heteroatoms. The van der Waals surface area contributed by atoms with Gasteiger partial charge in [0.2, 0.25) is 0 Å².